The van der Waals surface area contributed by atoms with Crippen LogP contribution in [0.1, 0.15) is 11.1 Å². The third-order valence-corrected chi connectivity index (χ3v) is 2.80. The molecule has 2 rings (SSSR count). The van der Waals surface area contributed by atoms with Crippen molar-refractivity contribution in [3.05, 3.63) is 70.5 Å². The van der Waals surface area contributed by atoms with Gasteiger partial charge in [0.05, 0.1) is 5.57 Å². The number of carboxylic acids is 1. The van der Waals surface area contributed by atoms with E-state index in [4.69, 9.17) is 11.6 Å². The van der Waals surface area contributed by atoms with Gasteiger partial charge in [0, 0.05) is 5.02 Å². The van der Waals surface area contributed by atoms with Crippen LogP contribution < -0.4 is 0 Å². The Balaban J connectivity index is 2.46. The van der Waals surface area contributed by atoms with Gasteiger partial charge < -0.3 is 5.11 Å². The van der Waals surface area contributed by atoms with E-state index in [2.05, 4.69) is 0 Å². The van der Waals surface area contributed by atoms with Gasteiger partial charge in [0.25, 0.3) is 0 Å². The molecule has 2 aromatic carbocycles. The molecule has 0 unspecified atom stereocenters. The fourth-order valence-electron chi connectivity index (χ4n) is 1.65. The van der Waals surface area contributed by atoms with Gasteiger partial charge in [0.2, 0.25) is 0 Å². The summed E-state index contributed by atoms with van der Waals surface area (Å²) in [6.07, 6.45) is 1.48. The first kappa shape index (κ1) is 13.3. The Hall–Kier alpha value is -2.13. The summed E-state index contributed by atoms with van der Waals surface area (Å²) in [5.41, 5.74) is 1.04. The van der Waals surface area contributed by atoms with Crippen molar-refractivity contribution in [2.75, 3.05) is 0 Å². The van der Waals surface area contributed by atoms with Crippen LogP contribution in [-0.2, 0) is 4.79 Å². The van der Waals surface area contributed by atoms with Gasteiger partial charge in [-0.05, 0) is 41.5 Å². The van der Waals surface area contributed by atoms with Crippen LogP contribution in [-0.4, -0.2) is 11.1 Å². The highest BCUT2D eigenvalue weighted by Crippen LogP contribution is 2.20. The van der Waals surface area contributed by atoms with Crippen molar-refractivity contribution < 1.29 is 14.3 Å². The quantitative estimate of drug-likeness (QED) is 0.677. The number of aliphatic carboxylic acids is 1. The largest absolute Gasteiger partial charge is 0.478 e. The molecule has 0 atom stereocenters. The van der Waals surface area contributed by atoms with Crippen LogP contribution in [0.3, 0.4) is 0 Å². The molecule has 0 aliphatic rings. The topological polar surface area (TPSA) is 37.3 Å². The fourth-order valence-corrected chi connectivity index (χ4v) is 1.78. The molecule has 0 aliphatic heterocycles. The standard InChI is InChI=1S/C15H10ClFO2/c16-12-6-4-10(5-7-12)8-14(15(18)19)11-2-1-3-13(17)9-11/h1-9H,(H,18,19)/b14-8+. The molecule has 2 nitrogen and oxygen atoms in total. The highest BCUT2D eigenvalue weighted by Gasteiger charge is 2.11. The van der Waals surface area contributed by atoms with E-state index in [1.807, 2.05) is 0 Å². The second-order valence-corrected chi connectivity index (χ2v) is 4.36. The molecule has 0 radical (unpaired) electrons. The monoisotopic (exact) mass is 276 g/mol. The second-order valence-electron chi connectivity index (χ2n) is 3.93. The van der Waals surface area contributed by atoms with Crippen molar-refractivity contribution in [3.63, 3.8) is 0 Å². The van der Waals surface area contributed by atoms with Crippen LogP contribution in [0, 0.1) is 5.82 Å². The molecule has 96 valence electrons. The summed E-state index contributed by atoms with van der Waals surface area (Å²) in [5.74, 6) is -1.58. The van der Waals surface area contributed by atoms with E-state index in [0.29, 0.717) is 16.1 Å². The number of carbonyl (C=O) groups is 1. The van der Waals surface area contributed by atoms with E-state index < -0.39 is 11.8 Å². The lowest BCUT2D eigenvalue weighted by Crippen LogP contribution is -2.00. The summed E-state index contributed by atoms with van der Waals surface area (Å²) in [5, 5.41) is 9.79. The van der Waals surface area contributed by atoms with Gasteiger partial charge in [-0.25, -0.2) is 9.18 Å². The first-order valence-corrected chi connectivity index (χ1v) is 5.90. The van der Waals surface area contributed by atoms with Crippen molar-refractivity contribution in [1.29, 1.82) is 0 Å². The molecule has 4 heteroatoms. The minimum absolute atomic E-state index is 0.0295. The highest BCUT2D eigenvalue weighted by atomic mass is 35.5. The van der Waals surface area contributed by atoms with Gasteiger partial charge in [-0.2, -0.15) is 0 Å². The molecule has 0 spiro atoms. The van der Waals surface area contributed by atoms with Gasteiger partial charge in [0.1, 0.15) is 5.82 Å². The Labute approximate surface area is 114 Å². The van der Waals surface area contributed by atoms with E-state index in [9.17, 15) is 14.3 Å². The second kappa shape index (κ2) is 5.67. The summed E-state index contributed by atoms with van der Waals surface area (Å²) in [6.45, 7) is 0. The number of hydrogen-bond donors (Lipinski definition) is 1. The first-order valence-electron chi connectivity index (χ1n) is 5.53. The molecule has 0 saturated heterocycles. The maximum atomic E-state index is 13.1. The Kier molecular flexibility index (Phi) is 3.97. The molecular weight excluding hydrogens is 267 g/mol. The molecule has 0 aromatic heterocycles. The van der Waals surface area contributed by atoms with Gasteiger partial charge in [-0.15, -0.1) is 0 Å². The third kappa shape index (κ3) is 3.42. The molecule has 19 heavy (non-hydrogen) atoms. The maximum Gasteiger partial charge on any atom is 0.336 e. The molecule has 0 heterocycles. The summed E-state index contributed by atoms with van der Waals surface area (Å²) in [4.78, 5) is 11.3. The summed E-state index contributed by atoms with van der Waals surface area (Å²) in [7, 11) is 0. The SMILES string of the molecule is O=C(O)/C(=C/c1ccc(Cl)cc1)c1cccc(F)c1. The number of benzene rings is 2. The Morgan fingerprint density at radius 3 is 2.42 bits per heavy atom. The number of carboxylic acid groups (broad SMARTS) is 1. The molecule has 0 saturated carbocycles. The number of rotatable bonds is 3. The Morgan fingerprint density at radius 1 is 1.16 bits per heavy atom. The first-order chi connectivity index (χ1) is 9.06. The van der Waals surface area contributed by atoms with Crippen molar-refractivity contribution in [3.8, 4) is 0 Å². The zero-order valence-electron chi connectivity index (χ0n) is 9.81. The zero-order chi connectivity index (χ0) is 13.8. The van der Waals surface area contributed by atoms with E-state index in [0.717, 1.165) is 0 Å². The van der Waals surface area contributed by atoms with Crippen LogP contribution in [0.2, 0.25) is 5.02 Å². The molecular formula is C15H10ClFO2. The lowest BCUT2D eigenvalue weighted by molar-refractivity contribution is -0.130. The molecule has 1 N–H and O–H groups in total. The van der Waals surface area contributed by atoms with E-state index >= 15 is 0 Å². The average Bonchev–Trinajstić information content (AvgIpc) is 2.37. The summed E-state index contributed by atoms with van der Waals surface area (Å²) >= 11 is 5.76. The number of halogens is 2. The lowest BCUT2D eigenvalue weighted by Gasteiger charge is -2.03. The fraction of sp³-hybridized carbons (Fsp3) is 0. The maximum absolute atomic E-state index is 13.1. The number of hydrogen-bond acceptors (Lipinski definition) is 1. The highest BCUT2D eigenvalue weighted by molar-refractivity contribution is 6.30. The third-order valence-electron chi connectivity index (χ3n) is 2.55. The smallest absolute Gasteiger partial charge is 0.336 e. The summed E-state index contributed by atoms with van der Waals surface area (Å²) < 4.78 is 13.1. The summed E-state index contributed by atoms with van der Waals surface area (Å²) in [6, 6.07) is 12.2. The predicted molar refractivity (Wildman–Crippen MR) is 73.4 cm³/mol. The Morgan fingerprint density at radius 2 is 1.84 bits per heavy atom. The minimum Gasteiger partial charge on any atom is -0.478 e. The van der Waals surface area contributed by atoms with E-state index in [1.54, 1.807) is 30.3 Å². The van der Waals surface area contributed by atoms with Crippen molar-refractivity contribution in [2.24, 2.45) is 0 Å². The van der Waals surface area contributed by atoms with Gasteiger partial charge in [0.15, 0.2) is 0 Å². The van der Waals surface area contributed by atoms with Crippen LogP contribution in [0.15, 0.2) is 48.5 Å². The van der Waals surface area contributed by atoms with Crippen LogP contribution in [0.5, 0.6) is 0 Å². The molecule has 0 fully saturated rings. The van der Waals surface area contributed by atoms with E-state index in [-0.39, 0.29) is 5.57 Å². The zero-order valence-corrected chi connectivity index (χ0v) is 10.6. The van der Waals surface area contributed by atoms with Crippen LogP contribution in [0.4, 0.5) is 4.39 Å². The Bertz CT molecular complexity index is 633. The normalized spacial score (nSPS) is 11.4. The van der Waals surface area contributed by atoms with Gasteiger partial charge >= 0.3 is 5.97 Å². The van der Waals surface area contributed by atoms with Gasteiger partial charge in [-0.3, -0.25) is 0 Å². The van der Waals surface area contributed by atoms with E-state index in [1.165, 1.54) is 24.3 Å². The van der Waals surface area contributed by atoms with Crippen LogP contribution >= 0.6 is 11.6 Å². The van der Waals surface area contributed by atoms with Gasteiger partial charge in [-0.1, -0.05) is 35.9 Å². The molecule has 2 aromatic rings. The molecule has 0 bridgehead atoms. The van der Waals surface area contributed by atoms with Crippen LogP contribution in [0.25, 0.3) is 11.6 Å². The molecule has 0 amide bonds. The predicted octanol–water partition coefficient (Wildman–Crippen LogP) is 4.10. The van der Waals surface area contributed by atoms with Crippen molar-refractivity contribution in [1.82, 2.24) is 0 Å². The minimum atomic E-state index is -1.11. The van der Waals surface area contributed by atoms with Crippen molar-refractivity contribution >= 4 is 29.2 Å². The average molecular weight is 277 g/mol. The van der Waals surface area contributed by atoms with Crippen molar-refractivity contribution in [2.45, 2.75) is 0 Å². The molecule has 0 aliphatic carbocycles. The lowest BCUT2D eigenvalue weighted by atomic mass is 10.0.